The highest BCUT2D eigenvalue weighted by atomic mass is 32.2. The number of carbonyl (C=O) groups is 1. The number of benzene rings is 1. The van der Waals surface area contributed by atoms with E-state index in [0.717, 1.165) is 5.69 Å². The molecular weight excluding hydrogens is 378 g/mol. The van der Waals surface area contributed by atoms with Crippen LogP contribution in [0.3, 0.4) is 0 Å². The molecule has 0 spiro atoms. The van der Waals surface area contributed by atoms with Crippen LogP contribution >= 0.6 is 0 Å². The third-order valence-electron chi connectivity index (χ3n) is 4.60. The molecular formula is C20H25N3O4S. The highest BCUT2D eigenvalue weighted by molar-refractivity contribution is 7.89. The van der Waals surface area contributed by atoms with Crippen molar-refractivity contribution in [1.29, 1.82) is 0 Å². The molecule has 3 rings (SSSR count). The molecule has 0 saturated carbocycles. The molecule has 1 N–H and O–H groups in total. The van der Waals surface area contributed by atoms with Crippen molar-refractivity contribution < 1.29 is 17.6 Å². The zero-order chi connectivity index (χ0) is 20.0. The molecule has 0 aliphatic carbocycles. The number of aryl methyl sites for hydroxylation is 1. The number of nitrogens with zero attached hydrogens (tertiary/aromatic N) is 2. The van der Waals surface area contributed by atoms with Gasteiger partial charge in [-0.05, 0) is 42.8 Å². The van der Waals surface area contributed by atoms with Crippen LogP contribution in [0.5, 0.6) is 0 Å². The standard InChI is InChI=1S/C20H25N3O4S/c1-17-4-2-5-18(16-17)22-10-12-23(13-11-22)28(25,26)15-9-21-20(24)8-7-19-6-3-14-27-19/h2-8,14,16H,9-13,15H2,1H3,(H,21,24)/b8-7+. The molecule has 1 aliphatic rings. The fraction of sp³-hybridized carbons (Fsp3) is 0.350. The number of hydrogen-bond acceptors (Lipinski definition) is 5. The summed E-state index contributed by atoms with van der Waals surface area (Å²) in [4.78, 5) is 14.0. The van der Waals surface area contributed by atoms with Crippen LogP contribution in [0, 0.1) is 6.92 Å². The molecule has 1 aromatic heterocycles. The first-order valence-electron chi connectivity index (χ1n) is 9.23. The number of hydrogen-bond donors (Lipinski definition) is 1. The first kappa shape index (κ1) is 20.2. The largest absolute Gasteiger partial charge is 0.465 e. The summed E-state index contributed by atoms with van der Waals surface area (Å²) in [6.45, 7) is 4.32. The van der Waals surface area contributed by atoms with Gasteiger partial charge in [-0.25, -0.2) is 8.42 Å². The number of rotatable bonds is 7. The molecule has 1 amide bonds. The number of amides is 1. The van der Waals surface area contributed by atoms with Gasteiger partial charge < -0.3 is 14.6 Å². The average molecular weight is 404 g/mol. The summed E-state index contributed by atoms with van der Waals surface area (Å²) < 4.78 is 31.7. The van der Waals surface area contributed by atoms with E-state index in [4.69, 9.17) is 4.42 Å². The number of nitrogens with one attached hydrogen (secondary N) is 1. The van der Waals surface area contributed by atoms with Crippen molar-refractivity contribution in [2.24, 2.45) is 0 Å². The number of piperazine rings is 1. The summed E-state index contributed by atoms with van der Waals surface area (Å²) in [6, 6.07) is 11.7. The Kier molecular flexibility index (Phi) is 6.53. The van der Waals surface area contributed by atoms with E-state index in [9.17, 15) is 13.2 Å². The van der Waals surface area contributed by atoms with Crippen molar-refractivity contribution >= 4 is 27.7 Å². The smallest absolute Gasteiger partial charge is 0.244 e. The van der Waals surface area contributed by atoms with Gasteiger partial charge in [0.05, 0.1) is 12.0 Å². The zero-order valence-electron chi connectivity index (χ0n) is 15.9. The zero-order valence-corrected chi connectivity index (χ0v) is 16.7. The van der Waals surface area contributed by atoms with Gasteiger partial charge in [0.1, 0.15) is 5.76 Å². The lowest BCUT2D eigenvalue weighted by Gasteiger charge is -2.35. The maximum atomic E-state index is 12.5. The van der Waals surface area contributed by atoms with Crippen molar-refractivity contribution in [3.63, 3.8) is 0 Å². The van der Waals surface area contributed by atoms with Crippen LogP contribution in [-0.4, -0.2) is 57.1 Å². The Hall–Kier alpha value is -2.58. The van der Waals surface area contributed by atoms with Crippen LogP contribution in [0.1, 0.15) is 11.3 Å². The molecule has 0 atom stereocenters. The van der Waals surface area contributed by atoms with Crippen LogP contribution in [0.25, 0.3) is 6.08 Å². The summed E-state index contributed by atoms with van der Waals surface area (Å²) in [7, 11) is -3.40. The minimum atomic E-state index is -3.40. The van der Waals surface area contributed by atoms with Gasteiger partial charge in [-0.15, -0.1) is 0 Å². The molecule has 1 saturated heterocycles. The van der Waals surface area contributed by atoms with Gasteiger partial charge >= 0.3 is 0 Å². The fourth-order valence-electron chi connectivity index (χ4n) is 3.08. The van der Waals surface area contributed by atoms with E-state index in [1.54, 1.807) is 12.1 Å². The first-order chi connectivity index (χ1) is 13.4. The van der Waals surface area contributed by atoms with Gasteiger partial charge in [0.25, 0.3) is 0 Å². The quantitative estimate of drug-likeness (QED) is 0.714. The molecule has 8 heteroatoms. The second-order valence-electron chi connectivity index (χ2n) is 6.68. The summed E-state index contributed by atoms with van der Waals surface area (Å²) in [6.07, 6.45) is 4.38. The van der Waals surface area contributed by atoms with Crippen molar-refractivity contribution in [2.75, 3.05) is 43.4 Å². The van der Waals surface area contributed by atoms with Crippen molar-refractivity contribution in [3.05, 3.63) is 60.1 Å². The lowest BCUT2D eigenvalue weighted by molar-refractivity contribution is -0.116. The monoisotopic (exact) mass is 403 g/mol. The topological polar surface area (TPSA) is 82.9 Å². The maximum Gasteiger partial charge on any atom is 0.244 e. The summed E-state index contributed by atoms with van der Waals surface area (Å²) >= 11 is 0. The highest BCUT2D eigenvalue weighted by Crippen LogP contribution is 2.18. The van der Waals surface area contributed by atoms with E-state index in [1.165, 1.54) is 28.3 Å². The Morgan fingerprint density at radius 3 is 2.64 bits per heavy atom. The second-order valence-corrected chi connectivity index (χ2v) is 8.77. The molecule has 2 heterocycles. The Bertz CT molecular complexity index is 915. The van der Waals surface area contributed by atoms with Gasteiger partial charge in [0.15, 0.2) is 0 Å². The average Bonchev–Trinajstić information content (AvgIpc) is 3.20. The van der Waals surface area contributed by atoms with Gasteiger partial charge in [-0.1, -0.05) is 12.1 Å². The summed E-state index contributed by atoms with van der Waals surface area (Å²) in [5.74, 6) is 0.0998. The number of carbonyl (C=O) groups excluding carboxylic acids is 1. The van der Waals surface area contributed by atoms with Crippen molar-refractivity contribution in [1.82, 2.24) is 9.62 Å². The van der Waals surface area contributed by atoms with E-state index < -0.39 is 10.0 Å². The van der Waals surface area contributed by atoms with Crippen LogP contribution in [0.4, 0.5) is 5.69 Å². The normalized spacial score (nSPS) is 15.8. The summed E-state index contributed by atoms with van der Waals surface area (Å²) in [5, 5.41) is 2.60. The molecule has 1 aliphatic heterocycles. The minimum absolute atomic E-state index is 0.0712. The Morgan fingerprint density at radius 1 is 1.18 bits per heavy atom. The molecule has 1 fully saturated rings. The van der Waals surface area contributed by atoms with Crippen molar-refractivity contribution in [2.45, 2.75) is 6.92 Å². The molecule has 0 bridgehead atoms. The SMILES string of the molecule is Cc1cccc(N2CCN(S(=O)(=O)CCNC(=O)/C=C/c3ccco3)CC2)c1. The third-order valence-corrected chi connectivity index (χ3v) is 6.47. The summed E-state index contributed by atoms with van der Waals surface area (Å²) in [5.41, 5.74) is 2.30. The van der Waals surface area contributed by atoms with E-state index in [1.807, 2.05) is 25.1 Å². The molecule has 2 aromatic rings. The predicted octanol–water partition coefficient (Wildman–Crippen LogP) is 1.87. The third kappa shape index (κ3) is 5.46. The Morgan fingerprint density at radius 2 is 1.96 bits per heavy atom. The molecule has 150 valence electrons. The Balaban J connectivity index is 1.44. The number of anilines is 1. The highest BCUT2D eigenvalue weighted by Gasteiger charge is 2.26. The maximum absolute atomic E-state index is 12.5. The Labute approximate surface area is 165 Å². The van der Waals surface area contributed by atoms with Gasteiger partial charge in [0, 0.05) is 44.5 Å². The molecule has 7 nitrogen and oxygen atoms in total. The van der Waals surface area contributed by atoms with Gasteiger partial charge in [0.2, 0.25) is 15.9 Å². The van der Waals surface area contributed by atoms with Crippen molar-refractivity contribution in [3.8, 4) is 0 Å². The minimum Gasteiger partial charge on any atom is -0.465 e. The van der Waals surface area contributed by atoms with E-state index in [-0.39, 0.29) is 18.2 Å². The fourth-order valence-corrected chi connectivity index (χ4v) is 4.42. The van der Waals surface area contributed by atoms with Crippen LogP contribution in [-0.2, 0) is 14.8 Å². The second kappa shape index (κ2) is 9.07. The van der Waals surface area contributed by atoms with E-state index >= 15 is 0 Å². The van der Waals surface area contributed by atoms with Crippen LogP contribution in [0.15, 0.2) is 53.2 Å². The molecule has 0 unspecified atom stereocenters. The van der Waals surface area contributed by atoms with E-state index in [0.29, 0.717) is 31.9 Å². The van der Waals surface area contributed by atoms with E-state index in [2.05, 4.69) is 16.3 Å². The molecule has 28 heavy (non-hydrogen) atoms. The van der Waals surface area contributed by atoms with Crippen LogP contribution < -0.4 is 10.2 Å². The number of sulfonamides is 1. The molecule has 1 aromatic carbocycles. The molecule has 0 radical (unpaired) electrons. The lowest BCUT2D eigenvalue weighted by Crippen LogP contribution is -2.50. The number of furan rings is 1. The van der Waals surface area contributed by atoms with Gasteiger partial charge in [-0.2, -0.15) is 4.31 Å². The predicted molar refractivity (Wildman–Crippen MR) is 110 cm³/mol. The first-order valence-corrected chi connectivity index (χ1v) is 10.8. The van der Waals surface area contributed by atoms with Gasteiger partial charge in [-0.3, -0.25) is 4.79 Å². The lowest BCUT2D eigenvalue weighted by atomic mass is 10.2. The van der Waals surface area contributed by atoms with Crippen LogP contribution in [0.2, 0.25) is 0 Å².